The van der Waals surface area contributed by atoms with E-state index < -0.39 is 0 Å². The second-order valence-electron chi connectivity index (χ2n) is 6.70. The molecule has 1 unspecified atom stereocenters. The molecule has 1 aliphatic heterocycles. The van der Waals surface area contributed by atoms with Gasteiger partial charge in [-0.1, -0.05) is 51.7 Å². The molecule has 0 saturated carbocycles. The summed E-state index contributed by atoms with van der Waals surface area (Å²) < 4.78 is 11.2. The topological polar surface area (TPSA) is 38.8 Å². The van der Waals surface area contributed by atoms with Crippen LogP contribution in [0, 0.1) is 0 Å². The van der Waals surface area contributed by atoms with Gasteiger partial charge in [-0.05, 0) is 48.9 Å². The van der Waals surface area contributed by atoms with E-state index in [1.165, 1.54) is 5.56 Å². The van der Waals surface area contributed by atoms with Crippen molar-refractivity contribution in [2.24, 2.45) is 0 Å². The van der Waals surface area contributed by atoms with Crippen molar-refractivity contribution in [2.45, 2.75) is 38.1 Å². The lowest BCUT2D eigenvalue weighted by Gasteiger charge is -2.31. The summed E-state index contributed by atoms with van der Waals surface area (Å²) in [6, 6.07) is 18.1. The number of rotatable bonds is 5. The highest BCUT2D eigenvalue weighted by Crippen LogP contribution is 2.30. The maximum absolute atomic E-state index is 12.3. The van der Waals surface area contributed by atoms with Gasteiger partial charge in [0.05, 0.1) is 0 Å². The molecule has 1 aliphatic rings. The summed E-state index contributed by atoms with van der Waals surface area (Å²) in [5.41, 5.74) is 2.29. The molecule has 0 radical (unpaired) electrons. The van der Waals surface area contributed by atoms with E-state index in [0.717, 1.165) is 37.2 Å². The second-order valence-corrected chi connectivity index (χ2v) is 7.64. The Hall–Kier alpha value is -2.06. The van der Waals surface area contributed by atoms with Crippen LogP contribution < -0.4 is 4.74 Å². The van der Waals surface area contributed by atoms with E-state index in [0.29, 0.717) is 12.5 Å². The van der Waals surface area contributed by atoms with Crippen molar-refractivity contribution in [3.63, 3.8) is 0 Å². The molecule has 1 heterocycles. The SMILES string of the molecule is C[C@@H](P)Oc1cccc(C2CCN(C(=O)OCc3ccccc3)CC2)c1. The van der Waals surface area contributed by atoms with E-state index in [4.69, 9.17) is 9.47 Å². The molecule has 26 heavy (non-hydrogen) atoms. The second kappa shape index (κ2) is 9.05. The van der Waals surface area contributed by atoms with Gasteiger partial charge in [0, 0.05) is 13.1 Å². The van der Waals surface area contributed by atoms with Crippen LogP contribution in [0.3, 0.4) is 0 Å². The van der Waals surface area contributed by atoms with Gasteiger partial charge in [0.25, 0.3) is 0 Å². The number of nitrogens with zero attached hydrogens (tertiary/aromatic N) is 1. The predicted molar refractivity (Wildman–Crippen MR) is 106 cm³/mol. The van der Waals surface area contributed by atoms with E-state index in [1.807, 2.05) is 54.3 Å². The number of hydrogen-bond donors (Lipinski definition) is 0. The smallest absolute Gasteiger partial charge is 0.410 e. The molecule has 1 fully saturated rings. The number of carbonyl (C=O) groups excluding carboxylic acids is 1. The summed E-state index contributed by atoms with van der Waals surface area (Å²) in [7, 11) is 2.64. The van der Waals surface area contributed by atoms with Crippen LogP contribution >= 0.6 is 9.24 Å². The number of amides is 1. The number of likely N-dealkylation sites (tertiary alicyclic amines) is 1. The Bertz CT molecular complexity index is 712. The van der Waals surface area contributed by atoms with Crippen molar-refractivity contribution in [1.29, 1.82) is 0 Å². The van der Waals surface area contributed by atoms with E-state index in [9.17, 15) is 4.79 Å². The molecule has 0 aromatic heterocycles. The molecular weight excluding hydrogens is 345 g/mol. The summed E-state index contributed by atoms with van der Waals surface area (Å²) in [5, 5.41) is 0. The van der Waals surface area contributed by atoms with Gasteiger partial charge in [0.1, 0.15) is 18.2 Å². The van der Waals surface area contributed by atoms with Crippen LogP contribution in [-0.4, -0.2) is 29.9 Å². The maximum Gasteiger partial charge on any atom is 0.410 e. The van der Waals surface area contributed by atoms with Crippen molar-refractivity contribution in [3.05, 3.63) is 65.7 Å². The van der Waals surface area contributed by atoms with Gasteiger partial charge in [-0.15, -0.1) is 0 Å². The van der Waals surface area contributed by atoms with Crippen molar-refractivity contribution < 1.29 is 14.3 Å². The molecule has 0 bridgehead atoms. The minimum atomic E-state index is -0.221. The highest BCUT2D eigenvalue weighted by atomic mass is 31.0. The monoisotopic (exact) mass is 371 g/mol. The molecule has 138 valence electrons. The summed E-state index contributed by atoms with van der Waals surface area (Å²) in [6.45, 7) is 3.77. The van der Waals surface area contributed by atoms with E-state index in [2.05, 4.69) is 21.4 Å². The Kier molecular flexibility index (Phi) is 6.51. The van der Waals surface area contributed by atoms with Crippen molar-refractivity contribution in [2.75, 3.05) is 13.1 Å². The third-order valence-electron chi connectivity index (χ3n) is 4.61. The van der Waals surface area contributed by atoms with Crippen molar-refractivity contribution in [3.8, 4) is 5.75 Å². The number of hydrogen-bond acceptors (Lipinski definition) is 3. The molecule has 1 saturated heterocycles. The fourth-order valence-corrected chi connectivity index (χ4v) is 3.42. The lowest BCUT2D eigenvalue weighted by Crippen LogP contribution is -2.38. The van der Waals surface area contributed by atoms with Crippen LogP contribution in [0.4, 0.5) is 4.79 Å². The summed E-state index contributed by atoms with van der Waals surface area (Å²) in [6.07, 6.45) is 1.67. The fraction of sp³-hybridized carbons (Fsp3) is 0.381. The van der Waals surface area contributed by atoms with Gasteiger partial charge in [-0.3, -0.25) is 0 Å². The number of benzene rings is 2. The highest BCUT2D eigenvalue weighted by Gasteiger charge is 2.25. The van der Waals surface area contributed by atoms with E-state index in [-0.39, 0.29) is 11.9 Å². The first kappa shape index (κ1) is 18.7. The molecule has 1 amide bonds. The van der Waals surface area contributed by atoms with E-state index in [1.54, 1.807) is 0 Å². The molecule has 5 heteroatoms. The Balaban J connectivity index is 1.50. The largest absolute Gasteiger partial charge is 0.487 e. The Labute approximate surface area is 157 Å². The molecule has 2 atom stereocenters. The quantitative estimate of drug-likeness (QED) is 0.709. The van der Waals surface area contributed by atoms with Crippen LogP contribution in [0.2, 0.25) is 0 Å². The van der Waals surface area contributed by atoms with Gasteiger partial charge < -0.3 is 14.4 Å². The van der Waals surface area contributed by atoms with Gasteiger partial charge in [0.15, 0.2) is 0 Å². The third kappa shape index (κ3) is 5.22. The molecule has 2 aromatic carbocycles. The lowest BCUT2D eigenvalue weighted by atomic mass is 9.89. The van der Waals surface area contributed by atoms with Gasteiger partial charge in [0.2, 0.25) is 0 Å². The Morgan fingerprint density at radius 1 is 1.15 bits per heavy atom. The molecule has 2 aromatic rings. The molecule has 0 spiro atoms. The standard InChI is InChI=1S/C21H26NO3P/c1-16(26)25-20-9-5-8-19(14-20)18-10-12-22(13-11-18)21(23)24-15-17-6-3-2-4-7-17/h2-9,14,16,18H,10-13,15,26H2,1H3/t16-/m1/s1. The third-order valence-corrected chi connectivity index (χ3v) is 4.75. The van der Waals surface area contributed by atoms with Crippen LogP contribution in [-0.2, 0) is 11.3 Å². The average Bonchev–Trinajstić information content (AvgIpc) is 2.67. The zero-order valence-electron chi connectivity index (χ0n) is 15.1. The first-order chi connectivity index (χ1) is 12.6. The van der Waals surface area contributed by atoms with Crippen LogP contribution in [0.25, 0.3) is 0 Å². The van der Waals surface area contributed by atoms with Gasteiger partial charge >= 0.3 is 6.09 Å². The summed E-state index contributed by atoms with van der Waals surface area (Å²) >= 11 is 0. The molecule has 4 nitrogen and oxygen atoms in total. The molecule has 3 rings (SSSR count). The van der Waals surface area contributed by atoms with Crippen LogP contribution in [0.5, 0.6) is 5.75 Å². The number of carbonyl (C=O) groups is 1. The minimum absolute atomic E-state index is 0.0893. The molecule has 0 aliphatic carbocycles. The summed E-state index contributed by atoms with van der Waals surface area (Å²) in [5.74, 6) is 1.44. The molecular formula is C21H26NO3P. The molecule has 0 N–H and O–H groups in total. The minimum Gasteiger partial charge on any atom is -0.487 e. The first-order valence-electron chi connectivity index (χ1n) is 9.09. The first-order valence-corrected chi connectivity index (χ1v) is 9.76. The van der Waals surface area contributed by atoms with Gasteiger partial charge in [-0.2, -0.15) is 0 Å². The van der Waals surface area contributed by atoms with Crippen LogP contribution in [0.15, 0.2) is 54.6 Å². The van der Waals surface area contributed by atoms with Gasteiger partial charge in [-0.25, -0.2) is 4.79 Å². The Morgan fingerprint density at radius 3 is 2.58 bits per heavy atom. The van der Waals surface area contributed by atoms with E-state index >= 15 is 0 Å². The lowest BCUT2D eigenvalue weighted by molar-refractivity contribution is 0.0870. The fourth-order valence-electron chi connectivity index (χ4n) is 3.26. The predicted octanol–water partition coefficient (Wildman–Crippen LogP) is 4.80. The van der Waals surface area contributed by atoms with Crippen molar-refractivity contribution in [1.82, 2.24) is 4.90 Å². The Morgan fingerprint density at radius 2 is 1.88 bits per heavy atom. The number of ether oxygens (including phenoxy) is 2. The summed E-state index contributed by atoms with van der Waals surface area (Å²) in [4.78, 5) is 14.1. The maximum atomic E-state index is 12.3. The zero-order chi connectivity index (χ0) is 18.4. The van der Waals surface area contributed by atoms with Crippen LogP contribution in [0.1, 0.15) is 36.8 Å². The van der Waals surface area contributed by atoms with Crippen molar-refractivity contribution >= 4 is 15.3 Å². The normalized spacial score (nSPS) is 16.2. The number of piperidine rings is 1. The highest BCUT2D eigenvalue weighted by molar-refractivity contribution is 7.17. The zero-order valence-corrected chi connectivity index (χ0v) is 16.3. The average molecular weight is 371 g/mol.